The lowest BCUT2D eigenvalue weighted by atomic mass is 9.85. The van der Waals surface area contributed by atoms with Crippen LogP contribution in [-0.4, -0.2) is 30.6 Å². The van der Waals surface area contributed by atoms with E-state index in [2.05, 4.69) is 22.0 Å². The Bertz CT molecular complexity index is 1520. The normalized spacial score (nSPS) is 14.8. The number of para-hydroxylation sites is 1. The van der Waals surface area contributed by atoms with Crippen LogP contribution < -0.4 is 16.0 Å². The highest BCUT2D eigenvalue weighted by Crippen LogP contribution is 2.41. The van der Waals surface area contributed by atoms with Gasteiger partial charge in [-0.3, -0.25) is 9.59 Å². The highest BCUT2D eigenvalue weighted by atomic mass is 32.2. The van der Waals surface area contributed by atoms with Gasteiger partial charge < -0.3 is 25.1 Å². The number of carbonyl (C=O) groups excluding carboxylic acids is 3. The van der Waals surface area contributed by atoms with Crippen LogP contribution in [0.5, 0.6) is 0 Å². The monoisotopic (exact) mass is 542 g/mol. The summed E-state index contributed by atoms with van der Waals surface area (Å²) in [5, 5.41) is 19.4. The lowest BCUT2D eigenvalue weighted by Crippen LogP contribution is -2.31. The van der Waals surface area contributed by atoms with Gasteiger partial charge in [0.2, 0.25) is 5.91 Å². The van der Waals surface area contributed by atoms with E-state index in [1.807, 2.05) is 25.1 Å². The predicted octanol–water partition coefficient (Wildman–Crippen LogP) is 5.08. The summed E-state index contributed by atoms with van der Waals surface area (Å²) in [7, 11) is 1.27. The highest BCUT2D eigenvalue weighted by molar-refractivity contribution is 8.03. The van der Waals surface area contributed by atoms with Crippen LogP contribution in [0.2, 0.25) is 0 Å². The summed E-state index contributed by atoms with van der Waals surface area (Å²) in [5.41, 5.74) is 3.28. The molecule has 0 aliphatic carbocycles. The molecule has 10 heteroatoms. The Labute approximate surface area is 229 Å². The molecule has 2 heterocycles. The van der Waals surface area contributed by atoms with E-state index in [1.165, 1.54) is 13.4 Å². The van der Waals surface area contributed by atoms with Crippen molar-refractivity contribution in [3.05, 3.63) is 106 Å². The number of esters is 1. The zero-order valence-electron chi connectivity index (χ0n) is 21.5. The van der Waals surface area contributed by atoms with Crippen molar-refractivity contribution in [1.29, 1.82) is 5.26 Å². The number of amides is 2. The number of aryl methyl sites for hydroxylation is 1. The maximum Gasteiger partial charge on any atom is 0.339 e. The number of rotatable bonds is 8. The second kappa shape index (κ2) is 12.2. The SMILES string of the molecule is COC(=O)c1ccccc1NC(=O)CSC1=C(C#N)[C@H](c2ccco2)C(C(=O)Nc2cccc(C)c2)=C(C)N1. The van der Waals surface area contributed by atoms with Crippen molar-refractivity contribution in [3.8, 4) is 6.07 Å². The number of nitriles is 1. The number of methoxy groups -OCH3 is 1. The number of thioether (sulfide) groups is 1. The van der Waals surface area contributed by atoms with Crippen molar-refractivity contribution in [3.63, 3.8) is 0 Å². The van der Waals surface area contributed by atoms with Gasteiger partial charge in [-0.25, -0.2) is 4.79 Å². The van der Waals surface area contributed by atoms with Crippen LogP contribution in [0.25, 0.3) is 0 Å². The molecule has 2 aromatic carbocycles. The zero-order chi connectivity index (χ0) is 27.9. The van der Waals surface area contributed by atoms with E-state index in [0.717, 1.165) is 17.3 Å². The van der Waals surface area contributed by atoms with Gasteiger partial charge >= 0.3 is 5.97 Å². The van der Waals surface area contributed by atoms with Crippen LogP contribution in [0, 0.1) is 18.3 Å². The molecule has 1 atom stereocenters. The molecule has 3 N–H and O–H groups in total. The minimum absolute atomic E-state index is 0.0635. The van der Waals surface area contributed by atoms with E-state index in [0.29, 0.717) is 33.4 Å². The Hall–Kier alpha value is -4.75. The molecule has 0 fully saturated rings. The molecule has 2 amide bonds. The van der Waals surface area contributed by atoms with E-state index in [9.17, 15) is 19.6 Å². The second-order valence-corrected chi connectivity index (χ2v) is 9.65. The van der Waals surface area contributed by atoms with E-state index in [4.69, 9.17) is 9.15 Å². The van der Waals surface area contributed by atoms with Crippen LogP contribution in [0.3, 0.4) is 0 Å². The maximum absolute atomic E-state index is 13.5. The van der Waals surface area contributed by atoms with Crippen molar-refractivity contribution in [2.45, 2.75) is 19.8 Å². The van der Waals surface area contributed by atoms with Crippen LogP contribution in [-0.2, 0) is 14.3 Å². The minimum atomic E-state index is -0.776. The summed E-state index contributed by atoms with van der Waals surface area (Å²) in [5.74, 6) is -1.74. The zero-order valence-corrected chi connectivity index (χ0v) is 22.3. The Balaban J connectivity index is 1.57. The fraction of sp³-hybridized carbons (Fsp3) is 0.172. The molecule has 0 saturated carbocycles. The maximum atomic E-state index is 13.5. The first-order valence-corrected chi connectivity index (χ1v) is 12.9. The average molecular weight is 543 g/mol. The summed E-state index contributed by atoms with van der Waals surface area (Å²) >= 11 is 1.11. The molecular weight excluding hydrogens is 516 g/mol. The number of nitrogens with zero attached hydrogens (tertiary/aromatic N) is 1. The molecule has 4 rings (SSSR count). The quantitative estimate of drug-likeness (QED) is 0.336. The van der Waals surface area contributed by atoms with Gasteiger partial charge in [0, 0.05) is 11.4 Å². The number of allylic oxidation sites excluding steroid dienone is 2. The molecule has 0 saturated heterocycles. The Kier molecular flexibility index (Phi) is 8.53. The number of hydrogen-bond acceptors (Lipinski definition) is 8. The first-order valence-electron chi connectivity index (χ1n) is 12.0. The fourth-order valence-electron chi connectivity index (χ4n) is 4.19. The Morgan fingerprint density at radius 2 is 1.87 bits per heavy atom. The lowest BCUT2D eigenvalue weighted by Gasteiger charge is -2.28. The van der Waals surface area contributed by atoms with Crippen LogP contribution in [0.1, 0.15) is 34.5 Å². The van der Waals surface area contributed by atoms with Crippen molar-refractivity contribution in [1.82, 2.24) is 5.32 Å². The number of ether oxygens (including phenoxy) is 1. The number of dihydropyridines is 1. The minimum Gasteiger partial charge on any atom is -0.468 e. The third kappa shape index (κ3) is 6.22. The van der Waals surface area contributed by atoms with Crippen molar-refractivity contribution in [2.24, 2.45) is 0 Å². The number of carbonyl (C=O) groups is 3. The van der Waals surface area contributed by atoms with E-state index >= 15 is 0 Å². The summed E-state index contributed by atoms with van der Waals surface area (Å²) < 4.78 is 10.4. The van der Waals surface area contributed by atoms with Gasteiger partial charge in [0.15, 0.2) is 0 Å². The van der Waals surface area contributed by atoms with Crippen molar-refractivity contribution >= 4 is 40.9 Å². The fourth-order valence-corrected chi connectivity index (χ4v) is 5.08. The number of benzene rings is 2. The summed E-state index contributed by atoms with van der Waals surface area (Å²) in [4.78, 5) is 38.3. The predicted molar refractivity (Wildman–Crippen MR) is 149 cm³/mol. The lowest BCUT2D eigenvalue weighted by molar-refractivity contribution is -0.114. The molecule has 9 nitrogen and oxygen atoms in total. The third-order valence-electron chi connectivity index (χ3n) is 5.95. The molecule has 1 aliphatic rings. The number of anilines is 2. The van der Waals surface area contributed by atoms with Gasteiger partial charge in [0.1, 0.15) is 5.76 Å². The van der Waals surface area contributed by atoms with E-state index in [1.54, 1.807) is 49.4 Å². The van der Waals surface area contributed by atoms with Gasteiger partial charge in [0.05, 0.1) is 58.5 Å². The highest BCUT2D eigenvalue weighted by Gasteiger charge is 2.36. The number of nitrogens with one attached hydrogen (secondary N) is 3. The van der Waals surface area contributed by atoms with E-state index in [-0.39, 0.29) is 28.7 Å². The third-order valence-corrected chi connectivity index (χ3v) is 6.97. The van der Waals surface area contributed by atoms with Crippen LogP contribution in [0.15, 0.2) is 93.2 Å². The summed E-state index contributed by atoms with van der Waals surface area (Å²) in [6, 6.07) is 19.5. The largest absolute Gasteiger partial charge is 0.468 e. The Morgan fingerprint density at radius 1 is 1.08 bits per heavy atom. The molecular formula is C29H26N4O5S. The first-order chi connectivity index (χ1) is 18.8. The molecule has 0 radical (unpaired) electrons. The topological polar surface area (TPSA) is 133 Å². The average Bonchev–Trinajstić information content (AvgIpc) is 3.46. The van der Waals surface area contributed by atoms with Gasteiger partial charge in [-0.1, -0.05) is 36.0 Å². The molecule has 0 spiro atoms. The summed E-state index contributed by atoms with van der Waals surface area (Å²) in [6.07, 6.45) is 1.48. The molecule has 3 aromatic rings. The molecule has 0 unspecified atom stereocenters. The standard InChI is InChI=1S/C29H26N4O5S/c1-17-8-6-9-19(14-17)32-27(35)25-18(2)31-28(21(15-30)26(25)23-12-7-13-38-23)39-16-24(34)33-22-11-5-4-10-20(22)29(36)37-3/h4-14,26,31H,16H2,1-3H3,(H,32,35)(H,33,34)/t26-/m1/s1. The molecule has 0 bridgehead atoms. The second-order valence-electron chi connectivity index (χ2n) is 8.66. The first kappa shape index (κ1) is 27.3. The van der Waals surface area contributed by atoms with Crippen molar-refractivity contribution in [2.75, 3.05) is 23.5 Å². The van der Waals surface area contributed by atoms with Gasteiger partial charge in [-0.15, -0.1) is 0 Å². The van der Waals surface area contributed by atoms with Gasteiger partial charge in [0.25, 0.3) is 5.91 Å². The molecule has 1 aliphatic heterocycles. The van der Waals surface area contributed by atoms with Crippen LogP contribution >= 0.6 is 11.8 Å². The number of hydrogen-bond donors (Lipinski definition) is 3. The molecule has 1 aromatic heterocycles. The molecule has 39 heavy (non-hydrogen) atoms. The van der Waals surface area contributed by atoms with Gasteiger partial charge in [-0.05, 0) is 55.8 Å². The van der Waals surface area contributed by atoms with Crippen molar-refractivity contribution < 1.29 is 23.5 Å². The van der Waals surface area contributed by atoms with E-state index < -0.39 is 11.9 Å². The van der Waals surface area contributed by atoms with Gasteiger partial charge in [-0.2, -0.15) is 5.26 Å². The Morgan fingerprint density at radius 3 is 2.56 bits per heavy atom. The summed E-state index contributed by atoms with van der Waals surface area (Å²) in [6.45, 7) is 3.67. The smallest absolute Gasteiger partial charge is 0.339 e. The molecule has 198 valence electrons. The number of furan rings is 1. The van der Waals surface area contributed by atoms with Crippen LogP contribution in [0.4, 0.5) is 11.4 Å².